The van der Waals surface area contributed by atoms with Crippen LogP contribution in [0.2, 0.25) is 0 Å². The Kier molecular flexibility index (Phi) is 18.8. The van der Waals surface area contributed by atoms with Crippen molar-refractivity contribution in [3.63, 3.8) is 0 Å². The minimum Gasteiger partial charge on any atom is -0.479 e. The van der Waals surface area contributed by atoms with E-state index in [1.807, 2.05) is 13.8 Å². The molecule has 0 unspecified atom stereocenters. The van der Waals surface area contributed by atoms with Gasteiger partial charge in [-0.2, -0.15) is 0 Å². The number of aliphatic carboxylic acids is 1. The standard InChI is InChI=1S/C60H92O23/c1-14-26(3)50(73)79-43-28(5)75-53(42(70)44(43)80-51(74)27(4)15-2)83-47-48(76-29(6)63)60(25-62)31(22-55(47,7)8)30-16-17-34-57(11)20-19-36(56(9,10)33(57)18-21-58(34,12)59(30,13)23-35(60)64)78-54-46(40(68)39(67)45(81-54)49(71)72)82-52-41(69)38(66)37(65)32(24-61)77-52/h14-16,28,31-48,52-54,61-62,64-70H,17-25H2,1-13H3,(H,71,72)/b26-14-,27-15-/t28-,31+,32-,33+,34-,35-,36+,37-,38+,39+,40+,41-,42-,43+,44-,45+,46-,47+,48+,52+,53+,54-,57+,58-,59-,60+/m1/s1. The predicted molar refractivity (Wildman–Crippen MR) is 289 cm³/mol. The van der Waals surface area contributed by atoms with Crippen LogP contribution in [0.5, 0.6) is 0 Å². The first kappa shape index (κ1) is 65.5. The summed E-state index contributed by atoms with van der Waals surface area (Å²) in [4.78, 5) is 52.3. The molecule has 26 atom stereocenters. The molecular weight excluding hydrogens is 1090 g/mol. The topological polar surface area (TPSA) is 354 Å². The Hall–Kier alpha value is -3.50. The van der Waals surface area contributed by atoms with Crippen LogP contribution in [0.3, 0.4) is 0 Å². The Morgan fingerprint density at radius 2 is 1.27 bits per heavy atom. The smallest absolute Gasteiger partial charge is 0.335 e. The van der Waals surface area contributed by atoms with Crippen molar-refractivity contribution in [2.75, 3.05) is 13.2 Å². The van der Waals surface area contributed by atoms with Crippen molar-refractivity contribution in [1.29, 1.82) is 0 Å². The molecule has 0 radical (unpaired) electrons. The summed E-state index contributed by atoms with van der Waals surface area (Å²) in [5.74, 6) is -4.34. The number of esters is 3. The van der Waals surface area contributed by atoms with Crippen molar-refractivity contribution in [1.82, 2.24) is 0 Å². The third kappa shape index (κ3) is 10.9. The van der Waals surface area contributed by atoms with Gasteiger partial charge in [0.25, 0.3) is 0 Å². The number of rotatable bonds is 14. The first-order valence-corrected chi connectivity index (χ1v) is 29.4. The SMILES string of the molecule is C/C=C(/C)C(=O)O[C@@H]1[C@@H](O)[C@H](O[C@H]2[C@H](OC(C)=O)[C@]3(CO)[C@H](O)C[C@]4(C)C(=CC[C@@H]5[C@@]6(C)CC[C@H](O[C@@H]7O[C@H](C(=O)O)[C@@H](O)[C@H](O)[C@H]7O[C@@H]7O[C@H](CO)[C@@H](O)[C@H](O)[C@H]7O)C(C)(C)[C@@H]6CC[C@]54C)[C@@H]3CC2(C)C)O[C@H](C)[C@@H]1OC(=O)/C(C)=C\C. The number of carbonyl (C=O) groups is 4. The van der Waals surface area contributed by atoms with E-state index in [4.69, 9.17) is 42.6 Å². The van der Waals surface area contributed by atoms with Crippen LogP contribution in [0.1, 0.15) is 135 Å². The molecule has 3 heterocycles. The molecule has 7 fully saturated rings. The first-order valence-electron chi connectivity index (χ1n) is 29.4. The minimum atomic E-state index is -2.02. The molecule has 5 aliphatic carbocycles. The van der Waals surface area contributed by atoms with Gasteiger partial charge in [0.15, 0.2) is 37.2 Å². The number of hydrogen-bond acceptors (Lipinski definition) is 22. The largest absolute Gasteiger partial charge is 0.479 e. The van der Waals surface area contributed by atoms with Gasteiger partial charge in [-0.15, -0.1) is 0 Å². The lowest BCUT2D eigenvalue weighted by atomic mass is 9.33. The summed E-state index contributed by atoms with van der Waals surface area (Å²) in [5.41, 5.74) is -3.12. The van der Waals surface area contributed by atoms with E-state index in [0.29, 0.717) is 38.5 Å². The second-order valence-electron chi connectivity index (χ2n) is 27.0. The molecule has 23 heteroatoms. The molecule has 0 amide bonds. The van der Waals surface area contributed by atoms with E-state index in [1.54, 1.807) is 33.8 Å². The fraction of sp³-hybridized carbons (Fsp3) is 0.833. The molecule has 0 aromatic rings. The van der Waals surface area contributed by atoms with Crippen LogP contribution in [0.15, 0.2) is 34.9 Å². The van der Waals surface area contributed by atoms with E-state index in [1.165, 1.54) is 19.9 Å². The number of aliphatic hydroxyl groups is 9. The van der Waals surface area contributed by atoms with Crippen LogP contribution in [0.4, 0.5) is 0 Å². The second kappa shape index (κ2) is 23.9. The summed E-state index contributed by atoms with van der Waals surface area (Å²) < 4.78 is 55.2. The highest BCUT2D eigenvalue weighted by Crippen LogP contribution is 2.76. The van der Waals surface area contributed by atoms with Crippen molar-refractivity contribution < 1.29 is 113 Å². The monoisotopic (exact) mass is 1180 g/mol. The molecule has 0 spiro atoms. The fourth-order valence-electron chi connectivity index (χ4n) is 16.7. The average Bonchev–Trinajstić information content (AvgIpc) is 0.990. The van der Waals surface area contributed by atoms with E-state index < -0.39 is 187 Å². The van der Waals surface area contributed by atoms with Gasteiger partial charge in [0.1, 0.15) is 61.0 Å². The van der Waals surface area contributed by atoms with Gasteiger partial charge in [0, 0.05) is 18.1 Å². The zero-order valence-corrected chi connectivity index (χ0v) is 50.1. The normalized spacial score (nSPS) is 47.8. The molecule has 3 saturated heterocycles. The lowest BCUT2D eigenvalue weighted by molar-refractivity contribution is -0.374. The first-order chi connectivity index (χ1) is 38.7. The second-order valence-corrected chi connectivity index (χ2v) is 27.0. The van der Waals surface area contributed by atoms with E-state index >= 15 is 0 Å². The van der Waals surface area contributed by atoms with Crippen LogP contribution < -0.4 is 0 Å². The van der Waals surface area contributed by atoms with Gasteiger partial charge >= 0.3 is 23.9 Å². The Labute approximate surface area is 485 Å². The van der Waals surface area contributed by atoms with E-state index in [0.717, 1.165) is 5.57 Å². The summed E-state index contributed by atoms with van der Waals surface area (Å²) in [6, 6.07) is 0. The van der Waals surface area contributed by atoms with Crippen molar-refractivity contribution in [2.45, 2.75) is 251 Å². The van der Waals surface area contributed by atoms with Gasteiger partial charge in [-0.1, -0.05) is 72.3 Å². The van der Waals surface area contributed by atoms with E-state index in [-0.39, 0.29) is 34.8 Å². The summed E-state index contributed by atoms with van der Waals surface area (Å²) in [6.07, 6.45) is -20.5. The number of carboxylic acid groups (broad SMARTS) is 1. The number of carboxylic acids is 1. The molecule has 83 heavy (non-hydrogen) atoms. The van der Waals surface area contributed by atoms with Gasteiger partial charge < -0.3 is 93.7 Å². The van der Waals surface area contributed by atoms with Gasteiger partial charge in [-0.25, -0.2) is 14.4 Å². The average molecular weight is 1180 g/mol. The molecule has 3 aliphatic heterocycles. The Morgan fingerprint density at radius 3 is 1.84 bits per heavy atom. The molecule has 0 bridgehead atoms. The molecule has 8 rings (SSSR count). The summed E-state index contributed by atoms with van der Waals surface area (Å²) in [5, 5.41) is 111. The Morgan fingerprint density at radius 1 is 0.651 bits per heavy atom. The van der Waals surface area contributed by atoms with Crippen molar-refractivity contribution in [3.8, 4) is 0 Å². The number of fused-ring (bicyclic) bond motifs is 7. The number of hydrogen-bond donors (Lipinski definition) is 10. The van der Waals surface area contributed by atoms with Crippen LogP contribution in [-0.4, -0.2) is 205 Å². The zero-order valence-electron chi connectivity index (χ0n) is 50.1. The number of allylic oxidation sites excluding steroid dienone is 4. The summed E-state index contributed by atoms with van der Waals surface area (Å²) in [7, 11) is 0. The maximum Gasteiger partial charge on any atom is 0.335 e. The van der Waals surface area contributed by atoms with Crippen molar-refractivity contribution >= 4 is 23.9 Å². The number of carbonyl (C=O) groups excluding carboxylic acids is 3. The minimum absolute atomic E-state index is 0.0191. The maximum absolute atomic E-state index is 13.4. The van der Waals surface area contributed by atoms with Crippen LogP contribution in [0, 0.1) is 50.2 Å². The summed E-state index contributed by atoms with van der Waals surface area (Å²) >= 11 is 0. The maximum atomic E-state index is 13.4. The van der Waals surface area contributed by atoms with E-state index in [9.17, 15) is 70.2 Å². The number of aliphatic hydroxyl groups excluding tert-OH is 9. The molecule has 470 valence electrons. The van der Waals surface area contributed by atoms with Crippen molar-refractivity contribution in [2.24, 2.45) is 50.2 Å². The summed E-state index contributed by atoms with van der Waals surface area (Å²) in [6.45, 7) is 22.6. The predicted octanol–water partition coefficient (Wildman–Crippen LogP) is 2.25. The Balaban J connectivity index is 1.08. The molecule has 23 nitrogen and oxygen atoms in total. The third-order valence-corrected chi connectivity index (χ3v) is 21.8. The van der Waals surface area contributed by atoms with Gasteiger partial charge in [-0.3, -0.25) is 4.79 Å². The lowest BCUT2D eigenvalue weighted by Crippen LogP contribution is -2.73. The molecule has 0 aromatic heterocycles. The number of ether oxygens (including phenoxy) is 9. The highest BCUT2D eigenvalue weighted by molar-refractivity contribution is 5.88. The van der Waals surface area contributed by atoms with Crippen LogP contribution >= 0.6 is 0 Å². The van der Waals surface area contributed by atoms with Crippen LogP contribution in [0.25, 0.3) is 0 Å². The highest BCUT2D eigenvalue weighted by atomic mass is 16.8. The highest BCUT2D eigenvalue weighted by Gasteiger charge is 2.74. The molecule has 10 N–H and O–H groups in total. The zero-order chi connectivity index (χ0) is 61.6. The molecule has 8 aliphatic rings. The van der Waals surface area contributed by atoms with Crippen LogP contribution in [-0.2, 0) is 61.8 Å². The van der Waals surface area contributed by atoms with Crippen molar-refractivity contribution in [3.05, 3.63) is 34.9 Å². The molecule has 0 aromatic carbocycles. The Bertz CT molecular complexity index is 2510. The lowest BCUT2D eigenvalue weighted by Gasteiger charge is -2.72. The van der Waals surface area contributed by atoms with E-state index in [2.05, 4.69) is 40.7 Å². The third-order valence-electron chi connectivity index (χ3n) is 21.8. The fourth-order valence-corrected chi connectivity index (χ4v) is 16.7. The molecular formula is C60H92O23. The quantitative estimate of drug-likeness (QED) is 0.0392. The van der Waals surface area contributed by atoms with Gasteiger partial charge in [-0.05, 0) is 124 Å². The van der Waals surface area contributed by atoms with Gasteiger partial charge in [0.05, 0.1) is 36.9 Å². The molecule has 4 saturated carbocycles. The van der Waals surface area contributed by atoms with Gasteiger partial charge in [0.2, 0.25) is 0 Å².